The van der Waals surface area contributed by atoms with Crippen LogP contribution in [0, 0.1) is 17.2 Å². The molecule has 0 spiro atoms. The molecule has 1 rings (SSSR count). The van der Waals surface area contributed by atoms with Crippen LogP contribution in [0.2, 0.25) is 0 Å². The summed E-state index contributed by atoms with van der Waals surface area (Å²) >= 11 is 3.34. The summed E-state index contributed by atoms with van der Waals surface area (Å²) in [7, 11) is 3.50. The van der Waals surface area contributed by atoms with Crippen LogP contribution in [0.15, 0.2) is 22.7 Å². The summed E-state index contributed by atoms with van der Waals surface area (Å²) in [5.41, 5.74) is 1.42. The molecule has 0 aliphatic heterocycles. The fourth-order valence-corrected chi connectivity index (χ4v) is 2.13. The molecule has 0 saturated heterocycles. The van der Waals surface area contributed by atoms with Gasteiger partial charge in [-0.1, -0.05) is 22.9 Å². The largest absolute Gasteiger partial charge is 0.373 e. The van der Waals surface area contributed by atoms with E-state index in [1.54, 1.807) is 13.1 Å². The van der Waals surface area contributed by atoms with Crippen molar-refractivity contribution in [3.63, 3.8) is 0 Å². The number of amides is 1. The minimum atomic E-state index is -0.129. The fraction of sp³-hybridized carbons (Fsp3) is 0.385. The zero-order valence-electron chi connectivity index (χ0n) is 10.7. The van der Waals surface area contributed by atoms with Gasteiger partial charge in [0.1, 0.15) is 6.07 Å². The number of nitrogens with zero attached hydrogens (tertiary/aromatic N) is 2. The molecule has 1 aromatic rings. The first kappa shape index (κ1) is 14.5. The quantitative estimate of drug-likeness (QED) is 0.927. The molecule has 1 aromatic carbocycles. The van der Waals surface area contributed by atoms with Crippen molar-refractivity contribution in [1.82, 2.24) is 5.32 Å². The zero-order chi connectivity index (χ0) is 13.7. The molecule has 4 nitrogen and oxygen atoms in total. The number of carbonyl (C=O) groups excluding carboxylic acids is 1. The van der Waals surface area contributed by atoms with Gasteiger partial charge in [0.2, 0.25) is 5.91 Å². The molecular formula is C13H16BrN3O. The van der Waals surface area contributed by atoms with E-state index in [4.69, 9.17) is 5.26 Å². The van der Waals surface area contributed by atoms with Gasteiger partial charge in [-0.15, -0.1) is 0 Å². The Hall–Kier alpha value is -1.54. The van der Waals surface area contributed by atoms with E-state index >= 15 is 0 Å². The lowest BCUT2D eigenvalue weighted by atomic mass is 10.1. The molecule has 0 aromatic heterocycles. The van der Waals surface area contributed by atoms with E-state index in [1.807, 2.05) is 31.0 Å². The molecule has 0 heterocycles. The lowest BCUT2D eigenvalue weighted by Gasteiger charge is -2.23. The molecule has 1 amide bonds. The molecule has 0 aliphatic carbocycles. The second-order valence-corrected chi connectivity index (χ2v) is 5.08. The Morgan fingerprint density at radius 3 is 2.83 bits per heavy atom. The molecule has 0 aliphatic rings. The van der Waals surface area contributed by atoms with Crippen molar-refractivity contribution in [3.05, 3.63) is 28.2 Å². The summed E-state index contributed by atoms with van der Waals surface area (Å²) in [5.74, 6) is -0.132. The van der Waals surface area contributed by atoms with Crippen LogP contribution >= 0.6 is 15.9 Å². The van der Waals surface area contributed by atoms with E-state index in [-0.39, 0.29) is 11.8 Å². The molecule has 0 fully saturated rings. The number of carbonyl (C=O) groups is 1. The Balaban J connectivity index is 2.88. The SMILES string of the molecule is CNC(=O)[C@H](C)CN(C)c1ccc(Br)cc1C#N. The molecule has 0 unspecified atom stereocenters. The van der Waals surface area contributed by atoms with Crippen LogP contribution in [0.25, 0.3) is 0 Å². The molecular weight excluding hydrogens is 294 g/mol. The summed E-state index contributed by atoms with van der Waals surface area (Å²) in [4.78, 5) is 13.4. The summed E-state index contributed by atoms with van der Waals surface area (Å²) in [6.45, 7) is 2.43. The minimum absolute atomic E-state index is 0.00234. The average Bonchev–Trinajstić information content (AvgIpc) is 2.37. The number of anilines is 1. The highest BCUT2D eigenvalue weighted by Gasteiger charge is 2.15. The lowest BCUT2D eigenvalue weighted by Crippen LogP contribution is -2.34. The molecule has 0 bridgehead atoms. The lowest BCUT2D eigenvalue weighted by molar-refractivity contribution is -0.123. The number of nitrogens with one attached hydrogen (secondary N) is 1. The van der Waals surface area contributed by atoms with Crippen LogP contribution in [0.1, 0.15) is 12.5 Å². The van der Waals surface area contributed by atoms with Crippen molar-refractivity contribution >= 4 is 27.5 Å². The molecule has 1 atom stereocenters. The van der Waals surface area contributed by atoms with Crippen LogP contribution in [0.3, 0.4) is 0 Å². The van der Waals surface area contributed by atoms with Gasteiger partial charge >= 0.3 is 0 Å². The Kier molecular flexibility index (Phi) is 5.17. The monoisotopic (exact) mass is 309 g/mol. The molecule has 18 heavy (non-hydrogen) atoms. The Morgan fingerprint density at radius 2 is 2.28 bits per heavy atom. The number of rotatable bonds is 4. The van der Waals surface area contributed by atoms with Crippen LogP contribution in [-0.2, 0) is 4.79 Å². The van der Waals surface area contributed by atoms with Crippen LogP contribution in [0.5, 0.6) is 0 Å². The van der Waals surface area contributed by atoms with Gasteiger partial charge in [0.05, 0.1) is 17.2 Å². The van der Waals surface area contributed by atoms with Crippen molar-refractivity contribution in [1.29, 1.82) is 5.26 Å². The van der Waals surface area contributed by atoms with E-state index in [2.05, 4.69) is 27.3 Å². The first-order chi connectivity index (χ1) is 8.49. The van der Waals surface area contributed by atoms with Crippen molar-refractivity contribution in [2.24, 2.45) is 5.92 Å². The predicted octanol–water partition coefficient (Wildman–Crippen LogP) is 2.14. The van der Waals surface area contributed by atoms with Crippen molar-refractivity contribution in [2.45, 2.75) is 6.92 Å². The Labute approximate surface area is 116 Å². The predicted molar refractivity (Wildman–Crippen MR) is 75.4 cm³/mol. The van der Waals surface area contributed by atoms with Crippen molar-refractivity contribution in [3.8, 4) is 6.07 Å². The van der Waals surface area contributed by atoms with E-state index in [9.17, 15) is 4.79 Å². The first-order valence-electron chi connectivity index (χ1n) is 5.62. The third-order valence-electron chi connectivity index (χ3n) is 2.73. The summed E-state index contributed by atoms with van der Waals surface area (Å²) in [6.07, 6.45) is 0. The van der Waals surface area contributed by atoms with Gasteiger partial charge in [-0.25, -0.2) is 0 Å². The van der Waals surface area contributed by atoms with E-state index in [1.165, 1.54) is 0 Å². The number of hydrogen-bond acceptors (Lipinski definition) is 3. The van der Waals surface area contributed by atoms with Gasteiger partial charge in [-0.3, -0.25) is 4.79 Å². The standard InChI is InChI=1S/C13H16BrN3O/c1-9(13(18)16-2)8-17(3)12-5-4-11(14)6-10(12)7-15/h4-6,9H,8H2,1-3H3,(H,16,18)/t9-/m1/s1. The fourth-order valence-electron chi connectivity index (χ4n) is 1.77. The average molecular weight is 310 g/mol. The molecule has 1 N–H and O–H groups in total. The van der Waals surface area contributed by atoms with Crippen LogP contribution < -0.4 is 10.2 Å². The maximum absolute atomic E-state index is 11.5. The highest BCUT2D eigenvalue weighted by atomic mass is 79.9. The number of benzene rings is 1. The van der Waals surface area contributed by atoms with E-state index in [0.717, 1.165) is 10.2 Å². The first-order valence-corrected chi connectivity index (χ1v) is 6.41. The Bertz CT molecular complexity index is 482. The Morgan fingerprint density at radius 1 is 1.61 bits per heavy atom. The molecule has 96 valence electrons. The summed E-state index contributed by atoms with van der Waals surface area (Å²) < 4.78 is 0.871. The van der Waals surface area contributed by atoms with Crippen molar-refractivity contribution in [2.75, 3.05) is 25.5 Å². The second-order valence-electron chi connectivity index (χ2n) is 4.17. The maximum atomic E-state index is 11.5. The molecule has 0 radical (unpaired) electrons. The van der Waals surface area contributed by atoms with Crippen LogP contribution in [-0.4, -0.2) is 26.5 Å². The minimum Gasteiger partial charge on any atom is -0.373 e. The highest BCUT2D eigenvalue weighted by Crippen LogP contribution is 2.23. The van der Waals surface area contributed by atoms with Gasteiger partial charge in [-0.05, 0) is 18.2 Å². The number of hydrogen-bond donors (Lipinski definition) is 1. The second kappa shape index (κ2) is 6.41. The van der Waals surface area contributed by atoms with Crippen molar-refractivity contribution < 1.29 is 4.79 Å². The van der Waals surface area contributed by atoms with Gasteiger partial charge in [-0.2, -0.15) is 5.26 Å². The third kappa shape index (κ3) is 3.47. The highest BCUT2D eigenvalue weighted by molar-refractivity contribution is 9.10. The maximum Gasteiger partial charge on any atom is 0.224 e. The molecule has 0 saturated carbocycles. The summed E-state index contributed by atoms with van der Waals surface area (Å²) in [6, 6.07) is 7.70. The zero-order valence-corrected chi connectivity index (χ0v) is 12.3. The molecule has 5 heteroatoms. The normalized spacial score (nSPS) is 11.5. The topological polar surface area (TPSA) is 56.1 Å². The third-order valence-corrected chi connectivity index (χ3v) is 3.23. The van der Waals surface area contributed by atoms with Gasteiger partial charge in [0, 0.05) is 25.1 Å². The van der Waals surface area contributed by atoms with Gasteiger partial charge in [0.25, 0.3) is 0 Å². The summed E-state index contributed by atoms with van der Waals surface area (Å²) in [5, 5.41) is 11.7. The number of nitriles is 1. The van der Waals surface area contributed by atoms with Gasteiger partial charge < -0.3 is 10.2 Å². The van der Waals surface area contributed by atoms with Crippen LogP contribution in [0.4, 0.5) is 5.69 Å². The van der Waals surface area contributed by atoms with Gasteiger partial charge in [0.15, 0.2) is 0 Å². The smallest absolute Gasteiger partial charge is 0.224 e. The number of halogens is 1. The van der Waals surface area contributed by atoms with E-state index in [0.29, 0.717) is 12.1 Å². The van der Waals surface area contributed by atoms with E-state index < -0.39 is 0 Å².